The van der Waals surface area contributed by atoms with E-state index in [9.17, 15) is 0 Å². The predicted molar refractivity (Wildman–Crippen MR) is 16.1 cm³/mol. The first-order valence-electron chi connectivity index (χ1n) is 0. The van der Waals surface area contributed by atoms with E-state index >= 15 is 0 Å². The standard InChI is InChI=1S/6FH.Li.Ta.H/h6*1H;;;/q;;;;;;+1;;-1. The number of hydrogen-bond donors (Lipinski definition) is 0. The Morgan fingerprint density at radius 3 is 0.500 bits per heavy atom. The van der Waals surface area contributed by atoms with Gasteiger partial charge in [-0.15, -0.1) is 0 Å². The van der Waals surface area contributed by atoms with Crippen LogP contribution in [-0.2, 0) is 22.4 Å². The Morgan fingerprint density at radius 2 is 0.500 bits per heavy atom. The van der Waals surface area contributed by atoms with E-state index in [4.69, 9.17) is 0 Å². The molecule has 0 aliphatic heterocycles. The van der Waals surface area contributed by atoms with Crippen molar-refractivity contribution >= 4 is 0 Å². The van der Waals surface area contributed by atoms with Gasteiger partial charge >= 0.3 is 18.9 Å². The van der Waals surface area contributed by atoms with Crippen LogP contribution in [0.3, 0.4) is 0 Å². The van der Waals surface area contributed by atoms with E-state index in [0.29, 0.717) is 0 Å². The zero-order chi connectivity index (χ0) is 0. The van der Waals surface area contributed by atoms with Crippen molar-refractivity contribution in [3.63, 3.8) is 0 Å². The van der Waals surface area contributed by atoms with E-state index < -0.39 is 0 Å². The Morgan fingerprint density at radius 1 is 0.500 bits per heavy atom. The van der Waals surface area contributed by atoms with Crippen molar-refractivity contribution in [1.82, 2.24) is 0 Å². The van der Waals surface area contributed by atoms with E-state index in [-0.39, 0.29) is 70.9 Å². The Kier molecular flexibility index (Phi) is 37300. The molecule has 0 aliphatic carbocycles. The van der Waals surface area contributed by atoms with E-state index in [0.717, 1.165) is 0 Å². The second kappa shape index (κ2) is 450. The summed E-state index contributed by atoms with van der Waals surface area (Å²) in [7, 11) is 0. The summed E-state index contributed by atoms with van der Waals surface area (Å²) in [5, 5.41) is 0. The van der Waals surface area contributed by atoms with Crippen LogP contribution in [0.1, 0.15) is 1.43 Å². The van der Waals surface area contributed by atoms with Gasteiger partial charge < -0.3 is 1.43 Å². The second-order valence-electron chi connectivity index (χ2n) is 0. The fraction of sp³-hybridized carbons (Fsp3) is 0. The molecule has 0 bridgehead atoms. The molecule has 1 radical (unpaired) electrons. The third kappa shape index (κ3) is 288. The van der Waals surface area contributed by atoms with Crippen LogP contribution in [-0.4, -0.2) is 0 Å². The summed E-state index contributed by atoms with van der Waals surface area (Å²) in [5.41, 5.74) is 0. The summed E-state index contributed by atoms with van der Waals surface area (Å²) in [6.45, 7) is 0. The van der Waals surface area contributed by atoms with Gasteiger partial charge in [0.1, 0.15) is 0 Å². The van der Waals surface area contributed by atoms with Crippen molar-refractivity contribution in [2.45, 2.75) is 0 Å². The van der Waals surface area contributed by atoms with Crippen LogP contribution >= 0.6 is 0 Å². The molecule has 8 heteroatoms. The molecular formula is H7F6LiTa. The largest absolute Gasteiger partial charge is 1.00 e. The van der Waals surface area contributed by atoms with Crippen molar-refractivity contribution in [2.75, 3.05) is 0 Å². The van der Waals surface area contributed by atoms with Gasteiger partial charge in [-0.05, 0) is 0 Å². The van der Waals surface area contributed by atoms with Gasteiger partial charge in [0.05, 0.1) is 0 Å². The van der Waals surface area contributed by atoms with Gasteiger partial charge in [0.25, 0.3) is 0 Å². The molecule has 0 heterocycles. The summed E-state index contributed by atoms with van der Waals surface area (Å²) in [6.07, 6.45) is 0. The first kappa shape index (κ1) is 664. The van der Waals surface area contributed by atoms with Crippen LogP contribution < -0.4 is 18.9 Å². The minimum atomic E-state index is 0. The molecule has 0 aromatic carbocycles. The average Bonchev–Trinajstić information content (AvgIpc) is 0. The predicted octanol–water partition coefficient (Wildman–Crippen LogP) is -1.97. The molecule has 0 saturated heterocycles. The van der Waals surface area contributed by atoms with Crippen LogP contribution in [0.5, 0.6) is 0 Å². The topological polar surface area (TPSA) is 0 Å². The van der Waals surface area contributed by atoms with Crippen molar-refractivity contribution in [3.05, 3.63) is 0 Å². The fourth-order valence-electron chi connectivity index (χ4n) is 0. The van der Waals surface area contributed by atoms with Crippen LogP contribution in [0.25, 0.3) is 0 Å². The molecule has 0 spiro atoms. The summed E-state index contributed by atoms with van der Waals surface area (Å²) in [5.74, 6) is 0. The normalized spacial score (nSPS) is 0. The Labute approximate surface area is 71.2 Å². The Bertz CT molecular complexity index is 13.0. The van der Waals surface area contributed by atoms with E-state index in [1.54, 1.807) is 0 Å². The molecule has 0 rings (SSSR count). The van der Waals surface area contributed by atoms with E-state index in [1.807, 2.05) is 0 Å². The van der Waals surface area contributed by atoms with Crippen molar-refractivity contribution in [2.24, 2.45) is 0 Å². The van der Waals surface area contributed by atoms with E-state index in [1.165, 1.54) is 0 Å². The smallest absolute Gasteiger partial charge is 1.00 e. The minimum Gasteiger partial charge on any atom is -1.00 e. The van der Waals surface area contributed by atoms with Crippen molar-refractivity contribution in [3.8, 4) is 0 Å². The first-order valence-corrected chi connectivity index (χ1v) is 0. The van der Waals surface area contributed by atoms with E-state index in [2.05, 4.69) is 0 Å². The molecule has 0 aromatic rings. The molecule has 0 aromatic heterocycles. The zero-order valence-electron chi connectivity index (χ0n) is 4.90. The molecule has 55 valence electrons. The van der Waals surface area contributed by atoms with Gasteiger partial charge in [-0.3, -0.25) is 28.2 Å². The minimum absolute atomic E-state index is 0. The van der Waals surface area contributed by atoms with Gasteiger partial charge in [0, 0.05) is 22.4 Å². The molecule has 0 atom stereocenters. The Balaban J connectivity index is 0. The molecule has 0 aliphatic rings. The summed E-state index contributed by atoms with van der Waals surface area (Å²) in [6, 6.07) is 0. The van der Waals surface area contributed by atoms with Crippen molar-refractivity contribution < 1.29 is 70.9 Å². The molecule has 0 nitrogen and oxygen atoms in total. The molecule has 0 saturated carbocycles. The van der Waals surface area contributed by atoms with Gasteiger partial charge in [0.15, 0.2) is 0 Å². The van der Waals surface area contributed by atoms with Gasteiger partial charge in [-0.1, -0.05) is 0 Å². The van der Waals surface area contributed by atoms with Crippen LogP contribution in [0, 0.1) is 0 Å². The third-order valence-electron chi connectivity index (χ3n) is 0. The van der Waals surface area contributed by atoms with Crippen LogP contribution in [0.15, 0.2) is 0 Å². The Hall–Kier alpha value is 0.918. The second-order valence-corrected chi connectivity index (χ2v) is 0. The maximum atomic E-state index is 0. The SMILES string of the molecule is F.F.F.F.F.F.[H-].[Li+].[Ta]. The third-order valence-corrected chi connectivity index (χ3v) is 0. The number of hydrogen-bond acceptors (Lipinski definition) is 0. The molecule has 0 amide bonds. The quantitative estimate of drug-likeness (QED) is 0.360. The number of halogens is 6. The van der Waals surface area contributed by atoms with Gasteiger partial charge in [-0.25, -0.2) is 0 Å². The average molecular weight is 309 g/mol. The molecular weight excluding hydrogens is 302 g/mol. The molecule has 0 fully saturated rings. The molecule has 0 N–H and O–H groups in total. The van der Waals surface area contributed by atoms with Crippen molar-refractivity contribution in [1.29, 1.82) is 0 Å². The van der Waals surface area contributed by atoms with Gasteiger partial charge in [0.2, 0.25) is 0 Å². The van der Waals surface area contributed by atoms with Crippen LogP contribution in [0.2, 0.25) is 0 Å². The summed E-state index contributed by atoms with van der Waals surface area (Å²) >= 11 is 0. The molecule has 0 unspecified atom stereocenters. The van der Waals surface area contributed by atoms with Gasteiger partial charge in [-0.2, -0.15) is 0 Å². The molecule has 8 heavy (non-hydrogen) atoms. The maximum Gasteiger partial charge on any atom is 1.00 e. The summed E-state index contributed by atoms with van der Waals surface area (Å²) in [4.78, 5) is 0. The van der Waals surface area contributed by atoms with Crippen LogP contribution in [0.4, 0.5) is 28.2 Å². The first-order chi connectivity index (χ1) is 0. The maximum absolute atomic E-state index is 0. The summed E-state index contributed by atoms with van der Waals surface area (Å²) < 4.78 is 0. The monoisotopic (exact) mass is 309 g/mol. The number of rotatable bonds is 0. The fourth-order valence-corrected chi connectivity index (χ4v) is 0. The zero-order valence-corrected chi connectivity index (χ0v) is 7.11.